The lowest BCUT2D eigenvalue weighted by atomic mass is 10.0. The summed E-state index contributed by atoms with van der Waals surface area (Å²) in [5, 5.41) is 2.97. The van der Waals surface area contributed by atoms with E-state index in [4.69, 9.17) is 4.74 Å². The molecule has 0 aliphatic heterocycles. The summed E-state index contributed by atoms with van der Waals surface area (Å²) in [7, 11) is 0. The zero-order chi connectivity index (χ0) is 18.2. The van der Waals surface area contributed by atoms with Crippen molar-refractivity contribution < 1.29 is 9.53 Å². The average molecular weight is 343 g/mol. The first-order valence-corrected chi connectivity index (χ1v) is 8.62. The first-order valence-electron chi connectivity index (χ1n) is 8.62. The van der Waals surface area contributed by atoms with Crippen LogP contribution in [0.15, 0.2) is 84.9 Å². The van der Waals surface area contributed by atoms with E-state index in [0.29, 0.717) is 17.9 Å². The molecule has 3 aromatic carbocycles. The Hall–Kier alpha value is -3.33. The Bertz CT molecular complexity index is 886. The summed E-state index contributed by atoms with van der Waals surface area (Å²) in [6.45, 7) is 2.52. The van der Waals surface area contributed by atoms with E-state index >= 15 is 0 Å². The van der Waals surface area contributed by atoms with Gasteiger partial charge in [-0.05, 0) is 36.3 Å². The molecule has 1 N–H and O–H groups in total. The van der Waals surface area contributed by atoms with Gasteiger partial charge >= 0.3 is 0 Å². The third-order valence-corrected chi connectivity index (χ3v) is 3.84. The predicted octanol–water partition coefficient (Wildman–Crippen LogP) is 5.26. The molecule has 3 nitrogen and oxygen atoms in total. The maximum absolute atomic E-state index is 13.0. The number of ether oxygens (including phenoxy) is 1. The van der Waals surface area contributed by atoms with Crippen LogP contribution in [0.2, 0.25) is 0 Å². The fourth-order valence-corrected chi connectivity index (χ4v) is 2.64. The van der Waals surface area contributed by atoms with Gasteiger partial charge in [-0.1, -0.05) is 66.7 Å². The number of carbonyl (C=O) groups excluding carboxylic acids is 1. The molecule has 1 amide bonds. The van der Waals surface area contributed by atoms with E-state index in [-0.39, 0.29) is 5.91 Å². The summed E-state index contributed by atoms with van der Waals surface area (Å²) < 4.78 is 5.50. The van der Waals surface area contributed by atoms with E-state index in [1.807, 2.05) is 97.9 Å². The Kier molecular flexibility index (Phi) is 5.84. The summed E-state index contributed by atoms with van der Waals surface area (Å²) in [5.41, 5.74) is 3.16. The van der Waals surface area contributed by atoms with Crippen LogP contribution in [0, 0.1) is 0 Å². The number of benzene rings is 3. The van der Waals surface area contributed by atoms with Crippen LogP contribution in [0.25, 0.3) is 11.6 Å². The quantitative estimate of drug-likeness (QED) is 0.489. The van der Waals surface area contributed by atoms with Gasteiger partial charge in [0.25, 0.3) is 5.91 Å². The summed E-state index contributed by atoms with van der Waals surface area (Å²) >= 11 is 0. The van der Waals surface area contributed by atoms with E-state index in [2.05, 4.69) is 5.32 Å². The van der Waals surface area contributed by atoms with Gasteiger partial charge in [0, 0.05) is 17.3 Å². The molecule has 0 spiro atoms. The topological polar surface area (TPSA) is 38.3 Å². The SMILES string of the molecule is CCOc1cccc(NC(=O)/C(=C/c2ccccc2)c2ccccc2)c1. The lowest BCUT2D eigenvalue weighted by Crippen LogP contribution is -2.13. The zero-order valence-corrected chi connectivity index (χ0v) is 14.7. The second-order valence-electron chi connectivity index (χ2n) is 5.75. The Morgan fingerprint density at radius 3 is 2.31 bits per heavy atom. The van der Waals surface area contributed by atoms with Crippen LogP contribution in [-0.2, 0) is 4.79 Å². The first-order chi connectivity index (χ1) is 12.8. The van der Waals surface area contributed by atoms with Crippen molar-refractivity contribution in [3.63, 3.8) is 0 Å². The Morgan fingerprint density at radius 1 is 0.923 bits per heavy atom. The highest BCUT2D eigenvalue weighted by Gasteiger charge is 2.12. The van der Waals surface area contributed by atoms with Gasteiger partial charge < -0.3 is 10.1 Å². The molecule has 3 rings (SSSR count). The van der Waals surface area contributed by atoms with E-state index in [1.54, 1.807) is 0 Å². The zero-order valence-electron chi connectivity index (χ0n) is 14.7. The number of nitrogens with one attached hydrogen (secondary N) is 1. The molecule has 3 heteroatoms. The minimum absolute atomic E-state index is 0.159. The number of hydrogen-bond donors (Lipinski definition) is 1. The second-order valence-corrected chi connectivity index (χ2v) is 5.75. The fraction of sp³-hybridized carbons (Fsp3) is 0.0870. The van der Waals surface area contributed by atoms with Crippen LogP contribution < -0.4 is 10.1 Å². The van der Waals surface area contributed by atoms with Crippen molar-refractivity contribution in [1.29, 1.82) is 0 Å². The molecular formula is C23H21NO2. The molecule has 130 valence electrons. The number of hydrogen-bond acceptors (Lipinski definition) is 2. The molecule has 0 heterocycles. The molecule has 26 heavy (non-hydrogen) atoms. The number of carbonyl (C=O) groups is 1. The summed E-state index contributed by atoms with van der Waals surface area (Å²) in [6, 6.07) is 26.9. The normalized spacial score (nSPS) is 11.0. The molecule has 0 aliphatic rings. The minimum atomic E-state index is -0.159. The standard InChI is InChI=1S/C23H21NO2/c1-2-26-21-15-9-14-20(17-21)24-23(25)22(19-12-7-4-8-13-19)16-18-10-5-3-6-11-18/h3-17H,2H2,1H3,(H,24,25)/b22-16+. The smallest absolute Gasteiger partial charge is 0.256 e. The molecule has 0 aromatic heterocycles. The summed E-state index contributed by atoms with van der Waals surface area (Å²) in [5.74, 6) is 0.576. The van der Waals surface area contributed by atoms with E-state index in [0.717, 1.165) is 16.9 Å². The average Bonchev–Trinajstić information content (AvgIpc) is 2.68. The number of rotatable bonds is 6. The summed E-state index contributed by atoms with van der Waals surface area (Å²) in [6.07, 6.45) is 1.90. The van der Waals surface area contributed by atoms with Crippen LogP contribution in [-0.4, -0.2) is 12.5 Å². The van der Waals surface area contributed by atoms with Crippen molar-refractivity contribution in [3.05, 3.63) is 96.1 Å². The van der Waals surface area contributed by atoms with Crippen molar-refractivity contribution in [2.45, 2.75) is 6.92 Å². The van der Waals surface area contributed by atoms with Gasteiger partial charge in [0.1, 0.15) is 5.75 Å². The van der Waals surface area contributed by atoms with Crippen LogP contribution in [0.1, 0.15) is 18.1 Å². The molecule has 0 unspecified atom stereocenters. The van der Waals surface area contributed by atoms with Gasteiger partial charge in [-0.2, -0.15) is 0 Å². The highest BCUT2D eigenvalue weighted by molar-refractivity contribution is 6.29. The first kappa shape index (κ1) is 17.5. The molecule has 0 atom stereocenters. The van der Waals surface area contributed by atoms with Gasteiger partial charge in [0.05, 0.1) is 6.61 Å². The predicted molar refractivity (Wildman–Crippen MR) is 107 cm³/mol. The van der Waals surface area contributed by atoms with Gasteiger partial charge in [-0.15, -0.1) is 0 Å². The maximum Gasteiger partial charge on any atom is 0.256 e. The molecule has 0 bridgehead atoms. The molecular weight excluding hydrogens is 322 g/mol. The third kappa shape index (κ3) is 4.61. The monoisotopic (exact) mass is 343 g/mol. The molecule has 3 aromatic rings. The van der Waals surface area contributed by atoms with Crippen LogP contribution in [0.3, 0.4) is 0 Å². The van der Waals surface area contributed by atoms with Crippen molar-refractivity contribution in [2.75, 3.05) is 11.9 Å². The van der Waals surface area contributed by atoms with Gasteiger partial charge in [0.15, 0.2) is 0 Å². The molecule has 0 aliphatic carbocycles. The van der Waals surface area contributed by atoms with Crippen molar-refractivity contribution in [2.24, 2.45) is 0 Å². The van der Waals surface area contributed by atoms with Crippen LogP contribution in [0.5, 0.6) is 5.75 Å². The van der Waals surface area contributed by atoms with Gasteiger partial charge in [-0.25, -0.2) is 0 Å². The lowest BCUT2D eigenvalue weighted by Gasteiger charge is -2.11. The molecule has 0 radical (unpaired) electrons. The van der Waals surface area contributed by atoms with Gasteiger partial charge in [-0.3, -0.25) is 4.79 Å². The third-order valence-electron chi connectivity index (χ3n) is 3.84. The molecule has 0 saturated heterocycles. The van der Waals surface area contributed by atoms with Crippen molar-refractivity contribution in [3.8, 4) is 5.75 Å². The maximum atomic E-state index is 13.0. The van der Waals surface area contributed by atoms with Crippen LogP contribution >= 0.6 is 0 Å². The number of amides is 1. The van der Waals surface area contributed by atoms with Gasteiger partial charge in [0.2, 0.25) is 0 Å². The van der Waals surface area contributed by atoms with E-state index in [1.165, 1.54) is 0 Å². The highest BCUT2D eigenvalue weighted by Crippen LogP contribution is 2.22. The Balaban J connectivity index is 1.91. The van der Waals surface area contributed by atoms with E-state index < -0.39 is 0 Å². The summed E-state index contributed by atoms with van der Waals surface area (Å²) in [4.78, 5) is 13.0. The largest absolute Gasteiger partial charge is 0.494 e. The molecule has 0 fully saturated rings. The lowest BCUT2D eigenvalue weighted by molar-refractivity contribution is -0.111. The minimum Gasteiger partial charge on any atom is -0.494 e. The molecule has 0 saturated carbocycles. The fourth-order valence-electron chi connectivity index (χ4n) is 2.64. The van der Waals surface area contributed by atoms with E-state index in [9.17, 15) is 4.79 Å². The van der Waals surface area contributed by atoms with Crippen molar-refractivity contribution in [1.82, 2.24) is 0 Å². The van der Waals surface area contributed by atoms with Crippen molar-refractivity contribution >= 4 is 23.2 Å². The Labute approximate surface area is 154 Å². The highest BCUT2D eigenvalue weighted by atomic mass is 16.5. The Morgan fingerprint density at radius 2 is 1.62 bits per heavy atom. The van der Waals surface area contributed by atoms with Crippen LogP contribution in [0.4, 0.5) is 5.69 Å². The second kappa shape index (κ2) is 8.67. The number of anilines is 1.